The van der Waals surface area contributed by atoms with Gasteiger partial charge in [0, 0.05) is 24.2 Å². The second-order valence-corrected chi connectivity index (χ2v) is 7.72. The maximum Gasteiger partial charge on any atom is 0.364 e. The molecule has 3 aromatic rings. The zero-order chi connectivity index (χ0) is 22.8. The molecule has 166 valence electrons. The Morgan fingerprint density at radius 3 is 2.62 bits per heavy atom. The maximum absolute atomic E-state index is 12.8. The summed E-state index contributed by atoms with van der Waals surface area (Å²) < 4.78 is 27.7. The van der Waals surface area contributed by atoms with Crippen LogP contribution in [0.2, 0.25) is 0 Å². The number of carbonyl (C=O) groups is 1. The van der Waals surface area contributed by atoms with Crippen LogP contribution in [-0.2, 0) is 24.3 Å². The number of hydrogen-bond acceptors (Lipinski definition) is 5. The summed E-state index contributed by atoms with van der Waals surface area (Å²) in [5, 5.41) is 10.4. The predicted molar refractivity (Wildman–Crippen MR) is 115 cm³/mol. The van der Waals surface area contributed by atoms with E-state index < -0.39 is 18.3 Å². The van der Waals surface area contributed by atoms with E-state index in [2.05, 4.69) is 21.8 Å². The standard InChI is InChI=1S/C22H22F2N6O2/c1-13-7-17(9-16-5-6-19(31)26-20(13)16)15-4-2-3-14(8-15)11-29-22(32)30(28-27-29)12-18(10-25)21(23)24/h2-4,7-9H,5-6,10-12,25H2,1H3,(H,26,31). The first-order valence-corrected chi connectivity index (χ1v) is 10.1. The number of hydrogen-bond donors (Lipinski definition) is 2. The number of benzene rings is 2. The Hall–Kier alpha value is -3.66. The third kappa shape index (κ3) is 4.35. The minimum Gasteiger partial charge on any atom is -0.327 e. The van der Waals surface area contributed by atoms with Gasteiger partial charge in [0.2, 0.25) is 5.91 Å². The quantitative estimate of drug-likeness (QED) is 0.612. The van der Waals surface area contributed by atoms with Gasteiger partial charge in [-0.15, -0.1) is 0 Å². The average molecular weight is 440 g/mol. The van der Waals surface area contributed by atoms with E-state index in [0.717, 1.165) is 42.9 Å². The van der Waals surface area contributed by atoms with E-state index >= 15 is 0 Å². The van der Waals surface area contributed by atoms with Gasteiger partial charge in [0.15, 0.2) is 0 Å². The van der Waals surface area contributed by atoms with E-state index in [-0.39, 0.29) is 24.6 Å². The summed E-state index contributed by atoms with van der Waals surface area (Å²) in [5.74, 6) is 0.0252. The Balaban J connectivity index is 1.59. The molecule has 3 N–H and O–H groups in total. The summed E-state index contributed by atoms with van der Waals surface area (Å²) in [6.07, 6.45) is -0.768. The molecule has 0 fully saturated rings. The van der Waals surface area contributed by atoms with Crippen LogP contribution in [0.1, 0.15) is 23.1 Å². The molecule has 0 spiro atoms. The molecule has 0 radical (unpaired) electrons. The third-order valence-corrected chi connectivity index (χ3v) is 5.45. The number of amides is 1. The van der Waals surface area contributed by atoms with Gasteiger partial charge in [0.05, 0.1) is 13.1 Å². The zero-order valence-electron chi connectivity index (χ0n) is 17.4. The molecule has 32 heavy (non-hydrogen) atoms. The fourth-order valence-corrected chi connectivity index (χ4v) is 3.76. The number of halogens is 2. The van der Waals surface area contributed by atoms with E-state index in [0.29, 0.717) is 12.8 Å². The van der Waals surface area contributed by atoms with Crippen LogP contribution in [0.4, 0.5) is 14.5 Å². The van der Waals surface area contributed by atoms with Crippen molar-refractivity contribution in [2.24, 2.45) is 5.73 Å². The first-order valence-electron chi connectivity index (χ1n) is 10.1. The Morgan fingerprint density at radius 2 is 1.88 bits per heavy atom. The SMILES string of the molecule is Cc1cc(-c2cccc(Cn3nnn(CC(CN)=C(F)F)c3=O)c2)cc2c1NC(=O)CC2. The highest BCUT2D eigenvalue weighted by Crippen LogP contribution is 2.32. The number of nitrogens with two attached hydrogens (primary N) is 1. The molecule has 2 heterocycles. The topological polar surface area (TPSA) is 108 Å². The van der Waals surface area contributed by atoms with E-state index in [4.69, 9.17) is 5.73 Å². The molecule has 1 aromatic heterocycles. The molecule has 10 heteroatoms. The minimum absolute atomic E-state index is 0.0252. The lowest BCUT2D eigenvalue weighted by atomic mass is 9.93. The van der Waals surface area contributed by atoms with Gasteiger partial charge in [-0.1, -0.05) is 18.2 Å². The largest absolute Gasteiger partial charge is 0.364 e. The molecule has 2 aromatic carbocycles. The van der Waals surface area contributed by atoms with Gasteiger partial charge in [0.1, 0.15) is 0 Å². The van der Waals surface area contributed by atoms with Crippen molar-refractivity contribution in [1.82, 2.24) is 19.8 Å². The van der Waals surface area contributed by atoms with Crippen LogP contribution in [0, 0.1) is 6.92 Å². The van der Waals surface area contributed by atoms with Crippen molar-refractivity contribution >= 4 is 11.6 Å². The molecule has 1 amide bonds. The lowest BCUT2D eigenvalue weighted by Crippen LogP contribution is -2.27. The highest BCUT2D eigenvalue weighted by molar-refractivity contribution is 5.95. The molecule has 0 aliphatic carbocycles. The van der Waals surface area contributed by atoms with E-state index in [1.807, 2.05) is 37.3 Å². The molecular formula is C22H22F2N6O2. The summed E-state index contributed by atoms with van der Waals surface area (Å²) in [6, 6.07) is 11.7. The first kappa shape index (κ1) is 21.6. The number of carbonyl (C=O) groups excluding carboxylic acids is 1. The number of aryl methyl sites for hydroxylation is 2. The number of nitrogens with one attached hydrogen (secondary N) is 1. The highest BCUT2D eigenvalue weighted by atomic mass is 19.3. The molecule has 0 saturated heterocycles. The molecule has 1 aliphatic rings. The van der Waals surface area contributed by atoms with Crippen LogP contribution >= 0.6 is 0 Å². The maximum atomic E-state index is 12.8. The van der Waals surface area contributed by atoms with Crippen LogP contribution in [0.25, 0.3) is 11.1 Å². The van der Waals surface area contributed by atoms with E-state index in [1.54, 1.807) is 0 Å². The average Bonchev–Trinajstić information content (AvgIpc) is 3.11. The zero-order valence-corrected chi connectivity index (χ0v) is 17.4. The molecule has 0 bridgehead atoms. The fraction of sp³-hybridized carbons (Fsp3) is 0.273. The number of anilines is 1. The Labute approximate surface area is 182 Å². The van der Waals surface area contributed by atoms with Crippen LogP contribution in [0.15, 0.2) is 52.8 Å². The summed E-state index contributed by atoms with van der Waals surface area (Å²) in [4.78, 5) is 24.2. The summed E-state index contributed by atoms with van der Waals surface area (Å²) >= 11 is 0. The van der Waals surface area contributed by atoms with Gasteiger partial charge in [-0.25, -0.2) is 4.79 Å². The van der Waals surface area contributed by atoms with Gasteiger partial charge < -0.3 is 11.1 Å². The van der Waals surface area contributed by atoms with Gasteiger partial charge in [-0.2, -0.15) is 18.1 Å². The lowest BCUT2D eigenvalue weighted by molar-refractivity contribution is -0.116. The Morgan fingerprint density at radius 1 is 1.09 bits per heavy atom. The van der Waals surface area contributed by atoms with Crippen molar-refractivity contribution in [3.8, 4) is 11.1 Å². The van der Waals surface area contributed by atoms with Crippen molar-refractivity contribution in [1.29, 1.82) is 0 Å². The fourth-order valence-electron chi connectivity index (χ4n) is 3.76. The van der Waals surface area contributed by atoms with Crippen molar-refractivity contribution in [3.63, 3.8) is 0 Å². The van der Waals surface area contributed by atoms with Crippen molar-refractivity contribution in [2.45, 2.75) is 32.9 Å². The van der Waals surface area contributed by atoms with Crippen molar-refractivity contribution in [3.05, 3.63) is 75.2 Å². The van der Waals surface area contributed by atoms with Crippen LogP contribution in [-0.4, -0.2) is 32.2 Å². The number of rotatable bonds is 6. The molecule has 4 rings (SSSR count). The molecule has 1 aliphatic heterocycles. The number of tetrazole rings is 1. The normalized spacial score (nSPS) is 12.9. The van der Waals surface area contributed by atoms with Crippen LogP contribution < -0.4 is 16.7 Å². The van der Waals surface area contributed by atoms with E-state index in [9.17, 15) is 18.4 Å². The summed E-state index contributed by atoms with van der Waals surface area (Å²) in [6.45, 7) is 1.34. The van der Waals surface area contributed by atoms with Crippen molar-refractivity contribution in [2.75, 3.05) is 11.9 Å². The van der Waals surface area contributed by atoms with E-state index in [1.165, 1.54) is 0 Å². The monoisotopic (exact) mass is 440 g/mol. The summed E-state index contributed by atoms with van der Waals surface area (Å²) in [7, 11) is 0. The Kier molecular flexibility index (Phi) is 5.95. The van der Waals surface area contributed by atoms with Crippen molar-refractivity contribution < 1.29 is 13.6 Å². The highest BCUT2D eigenvalue weighted by Gasteiger charge is 2.18. The number of fused-ring (bicyclic) bond motifs is 1. The molecule has 0 saturated carbocycles. The number of aromatic nitrogens is 4. The minimum atomic E-state index is -1.92. The predicted octanol–water partition coefficient (Wildman–Crippen LogP) is 2.46. The van der Waals surface area contributed by atoms with Gasteiger partial charge in [-0.05, 0) is 69.8 Å². The molecule has 0 atom stereocenters. The van der Waals surface area contributed by atoms with Gasteiger partial charge in [-0.3, -0.25) is 4.79 Å². The Bertz CT molecular complexity index is 1270. The second kappa shape index (κ2) is 8.83. The smallest absolute Gasteiger partial charge is 0.327 e. The van der Waals surface area contributed by atoms with Crippen LogP contribution in [0.3, 0.4) is 0 Å². The lowest BCUT2D eigenvalue weighted by Gasteiger charge is -2.20. The molecule has 8 nitrogen and oxygen atoms in total. The van der Waals surface area contributed by atoms with Gasteiger partial charge in [0.25, 0.3) is 6.08 Å². The van der Waals surface area contributed by atoms with Gasteiger partial charge >= 0.3 is 5.69 Å². The number of nitrogens with zero attached hydrogens (tertiary/aromatic N) is 4. The first-order chi connectivity index (χ1) is 15.4. The van der Waals surface area contributed by atoms with Crippen LogP contribution in [0.5, 0.6) is 0 Å². The third-order valence-electron chi connectivity index (χ3n) is 5.45. The molecular weight excluding hydrogens is 418 g/mol. The molecule has 0 unspecified atom stereocenters. The second-order valence-electron chi connectivity index (χ2n) is 7.72. The summed E-state index contributed by atoms with van der Waals surface area (Å²) in [5.41, 5.74) is 10.1.